The molecule has 1 aromatic heterocycles. The van der Waals surface area contributed by atoms with Crippen LogP contribution in [0.3, 0.4) is 0 Å². The van der Waals surface area contributed by atoms with Crippen LogP contribution < -0.4 is 21.3 Å². The molecule has 5 fully saturated rings. The van der Waals surface area contributed by atoms with E-state index in [-0.39, 0.29) is 58.2 Å². The summed E-state index contributed by atoms with van der Waals surface area (Å²) >= 11 is 1.16. The van der Waals surface area contributed by atoms with Crippen LogP contribution in [-0.2, 0) is 29.2 Å². The van der Waals surface area contributed by atoms with Gasteiger partial charge in [-0.05, 0) is 78.6 Å². The molecule has 1 saturated heterocycles. The third kappa shape index (κ3) is 9.47. The summed E-state index contributed by atoms with van der Waals surface area (Å²) in [6, 6.07) is -0.439. The van der Waals surface area contributed by atoms with E-state index in [1.807, 2.05) is 0 Å². The Morgan fingerprint density at radius 1 is 0.964 bits per heavy atom. The molecule has 6 atom stereocenters. The standard InChI is InChI=1S/C40H60N6O7S2/c1-5-20-41-37(49)35(47)29(22-25-18-19-25)42-36(48)34-32-28(40(32,2)3)23-46(34)38(50)33(27-15-10-7-11-16-27)44-39(51)43-30(26-13-8-6-9-14-26)24-45(4)55(52,53)31-17-12-21-54-31/h5,12,17,21,25-30,32-34H,1,6-11,13-16,18-20,22-24H2,2-4H3,(H,41,49)(H,42,48)(H2,43,44,51)/t28-,29?,30+,32-,33-,34-/m0/s1. The highest BCUT2D eigenvalue weighted by Gasteiger charge is 2.70. The van der Waals surface area contributed by atoms with E-state index >= 15 is 0 Å². The lowest BCUT2D eigenvalue weighted by atomic mass is 9.82. The third-order valence-corrected chi connectivity index (χ3v) is 16.3. The first kappa shape index (κ1) is 41.3. The van der Waals surface area contributed by atoms with Crippen LogP contribution in [0, 0.1) is 35.0 Å². The van der Waals surface area contributed by atoms with Crippen molar-refractivity contribution >= 4 is 50.9 Å². The van der Waals surface area contributed by atoms with E-state index in [4.69, 9.17) is 0 Å². The third-order valence-electron chi connectivity index (χ3n) is 13.1. The summed E-state index contributed by atoms with van der Waals surface area (Å²) in [4.78, 5) is 70.8. The minimum absolute atomic E-state index is 0.0791. The molecule has 4 N–H and O–H groups in total. The van der Waals surface area contributed by atoms with Gasteiger partial charge in [0.25, 0.3) is 15.9 Å². The molecule has 15 heteroatoms. The number of nitrogens with zero attached hydrogens (tertiary/aromatic N) is 2. The number of thiophene rings is 1. The van der Waals surface area contributed by atoms with Crippen molar-refractivity contribution in [2.75, 3.05) is 26.7 Å². The van der Waals surface area contributed by atoms with Crippen LogP contribution in [0.15, 0.2) is 34.4 Å². The number of carbonyl (C=O) groups excluding carboxylic acids is 5. The van der Waals surface area contributed by atoms with Gasteiger partial charge in [-0.2, -0.15) is 4.31 Å². The largest absolute Gasteiger partial charge is 0.346 e. The summed E-state index contributed by atoms with van der Waals surface area (Å²) in [5.41, 5.74) is -0.191. The Hall–Kier alpha value is -3.30. The molecule has 6 rings (SSSR count). The van der Waals surface area contributed by atoms with Gasteiger partial charge in [0.15, 0.2) is 0 Å². The maximum atomic E-state index is 14.8. The molecule has 5 aliphatic rings. The van der Waals surface area contributed by atoms with Crippen LogP contribution in [-0.4, -0.2) is 98.0 Å². The molecule has 55 heavy (non-hydrogen) atoms. The van der Waals surface area contributed by atoms with Crippen molar-refractivity contribution in [1.29, 1.82) is 0 Å². The summed E-state index contributed by atoms with van der Waals surface area (Å²) in [7, 11) is -2.21. The van der Waals surface area contributed by atoms with Crippen molar-refractivity contribution < 1.29 is 32.4 Å². The number of carbonyl (C=O) groups is 5. The van der Waals surface area contributed by atoms with Gasteiger partial charge in [-0.25, -0.2) is 13.2 Å². The average Bonchev–Trinajstić information content (AvgIpc) is 3.86. The van der Waals surface area contributed by atoms with Crippen LogP contribution in [0.25, 0.3) is 0 Å². The molecule has 13 nitrogen and oxygen atoms in total. The summed E-state index contributed by atoms with van der Waals surface area (Å²) in [6.45, 7) is 8.36. The fraction of sp³-hybridized carbons (Fsp3) is 0.725. The van der Waals surface area contributed by atoms with Crippen LogP contribution in [0.1, 0.15) is 97.3 Å². The van der Waals surface area contributed by atoms with Crippen molar-refractivity contribution in [3.63, 3.8) is 0 Å². The molecule has 4 aliphatic carbocycles. The number of amides is 5. The lowest BCUT2D eigenvalue weighted by Gasteiger charge is -2.38. The number of likely N-dealkylation sites (tertiary alicyclic amines) is 1. The Kier molecular flexibility index (Phi) is 13.1. The molecular formula is C40H60N6O7S2. The summed E-state index contributed by atoms with van der Waals surface area (Å²) < 4.78 is 28.4. The predicted molar refractivity (Wildman–Crippen MR) is 210 cm³/mol. The van der Waals surface area contributed by atoms with Gasteiger partial charge >= 0.3 is 6.03 Å². The normalized spacial score (nSPS) is 25.6. The van der Waals surface area contributed by atoms with Crippen molar-refractivity contribution in [3.05, 3.63) is 30.2 Å². The van der Waals surface area contributed by atoms with Gasteiger partial charge in [0, 0.05) is 32.7 Å². The number of piperidine rings is 1. The maximum absolute atomic E-state index is 14.8. The zero-order valence-electron chi connectivity index (χ0n) is 32.6. The second kappa shape index (κ2) is 17.5. The summed E-state index contributed by atoms with van der Waals surface area (Å²) in [5.74, 6) is -2.08. The van der Waals surface area contributed by atoms with Gasteiger partial charge in [0.05, 0.1) is 6.04 Å². The molecule has 0 radical (unpaired) electrons. The zero-order chi connectivity index (χ0) is 39.5. The molecular weight excluding hydrogens is 741 g/mol. The fourth-order valence-electron chi connectivity index (χ4n) is 9.57. The fourth-order valence-corrected chi connectivity index (χ4v) is 12.0. The number of urea groups is 1. The van der Waals surface area contributed by atoms with E-state index in [9.17, 15) is 32.4 Å². The van der Waals surface area contributed by atoms with Crippen molar-refractivity contribution in [1.82, 2.24) is 30.5 Å². The molecule has 5 amide bonds. The molecule has 4 saturated carbocycles. The SMILES string of the molecule is C=CCNC(=O)C(=O)C(CC1CC1)NC(=O)[C@@H]1[C@@H]2[C@H](CN1C(=O)[C@@H](NC(=O)N[C@H](CN(C)S(=O)(=O)c1cccs1)C1CCCCC1)C1CCCCC1)C2(C)C. The minimum atomic E-state index is -3.75. The van der Waals surface area contributed by atoms with E-state index in [0.717, 1.165) is 88.4 Å². The number of sulfonamides is 1. The molecule has 0 aromatic carbocycles. The topological polar surface area (TPSA) is 174 Å². The number of nitrogens with one attached hydrogen (secondary N) is 4. The van der Waals surface area contributed by atoms with E-state index in [1.54, 1.807) is 29.5 Å². The molecule has 0 spiro atoms. The van der Waals surface area contributed by atoms with Crippen molar-refractivity contribution in [3.8, 4) is 0 Å². The average molecular weight is 801 g/mol. The first-order chi connectivity index (χ1) is 26.2. The van der Waals surface area contributed by atoms with Gasteiger partial charge in [-0.3, -0.25) is 19.2 Å². The van der Waals surface area contributed by atoms with Crippen LogP contribution in [0.2, 0.25) is 0 Å². The zero-order valence-corrected chi connectivity index (χ0v) is 34.2. The number of Topliss-reactive ketones (excluding diaryl/α,β-unsaturated/α-hetero) is 1. The molecule has 1 unspecified atom stereocenters. The Balaban J connectivity index is 1.20. The summed E-state index contributed by atoms with van der Waals surface area (Å²) in [6.07, 6.45) is 12.9. The van der Waals surface area contributed by atoms with Gasteiger partial charge < -0.3 is 26.2 Å². The van der Waals surface area contributed by atoms with Gasteiger partial charge in [0.1, 0.15) is 16.3 Å². The van der Waals surface area contributed by atoms with Gasteiger partial charge in [-0.1, -0.05) is 77.4 Å². The number of ketones is 1. The van der Waals surface area contributed by atoms with Crippen molar-refractivity contribution in [2.45, 2.75) is 126 Å². The first-order valence-corrected chi connectivity index (χ1v) is 22.7. The van der Waals surface area contributed by atoms with Crippen molar-refractivity contribution in [2.24, 2.45) is 35.0 Å². The van der Waals surface area contributed by atoms with E-state index in [0.29, 0.717) is 13.0 Å². The smallest absolute Gasteiger partial charge is 0.315 e. The Bertz CT molecular complexity index is 1680. The molecule has 2 heterocycles. The van der Waals surface area contributed by atoms with E-state index in [1.165, 1.54) is 10.4 Å². The Labute approximate surface area is 330 Å². The Morgan fingerprint density at radius 3 is 2.22 bits per heavy atom. The molecule has 304 valence electrons. The van der Waals surface area contributed by atoms with Crippen LogP contribution in [0.4, 0.5) is 4.79 Å². The lowest BCUT2D eigenvalue weighted by Crippen LogP contribution is -2.61. The number of likely N-dealkylation sites (N-methyl/N-ethyl adjacent to an activating group) is 1. The second-order valence-electron chi connectivity index (χ2n) is 17.2. The highest BCUT2D eigenvalue weighted by molar-refractivity contribution is 7.91. The van der Waals surface area contributed by atoms with E-state index < -0.39 is 57.8 Å². The maximum Gasteiger partial charge on any atom is 0.315 e. The first-order valence-electron chi connectivity index (χ1n) is 20.3. The minimum Gasteiger partial charge on any atom is -0.346 e. The number of hydrogen-bond donors (Lipinski definition) is 4. The molecule has 1 aromatic rings. The predicted octanol–water partition coefficient (Wildman–Crippen LogP) is 4.20. The summed E-state index contributed by atoms with van der Waals surface area (Å²) in [5, 5.41) is 13.3. The highest BCUT2D eigenvalue weighted by Crippen LogP contribution is 2.65. The van der Waals surface area contributed by atoms with Crippen LogP contribution >= 0.6 is 11.3 Å². The Morgan fingerprint density at radius 2 is 1.62 bits per heavy atom. The number of hydrogen-bond acceptors (Lipinski definition) is 8. The van der Waals surface area contributed by atoms with Gasteiger partial charge in [-0.15, -0.1) is 17.9 Å². The molecule has 1 aliphatic heterocycles. The quantitative estimate of drug-likeness (QED) is 0.135. The highest BCUT2D eigenvalue weighted by atomic mass is 32.2. The number of fused-ring (bicyclic) bond motifs is 1. The lowest BCUT2D eigenvalue weighted by molar-refractivity contribution is -0.144. The monoisotopic (exact) mass is 800 g/mol. The van der Waals surface area contributed by atoms with Gasteiger partial charge in [0.2, 0.25) is 17.6 Å². The molecule has 0 bridgehead atoms. The second-order valence-corrected chi connectivity index (χ2v) is 20.4. The number of rotatable bonds is 17. The van der Waals surface area contributed by atoms with Crippen LogP contribution in [0.5, 0.6) is 0 Å². The van der Waals surface area contributed by atoms with E-state index in [2.05, 4.69) is 41.7 Å².